The fourth-order valence-corrected chi connectivity index (χ4v) is 3.84. The molecule has 0 spiro atoms. The normalized spacial score (nSPS) is 18.8. The summed E-state index contributed by atoms with van der Waals surface area (Å²) in [5.41, 5.74) is 2.28. The van der Waals surface area contributed by atoms with E-state index in [1.807, 2.05) is 41.7 Å². The molecule has 2 nitrogen and oxygen atoms in total. The minimum Gasteiger partial charge on any atom is -0.296 e. The Balaban J connectivity index is 1.61. The van der Waals surface area contributed by atoms with Gasteiger partial charge in [0, 0.05) is 36.0 Å². The van der Waals surface area contributed by atoms with Gasteiger partial charge in [0.25, 0.3) is 0 Å². The molecule has 2 heterocycles. The minimum absolute atomic E-state index is 0.244. The summed E-state index contributed by atoms with van der Waals surface area (Å²) in [5, 5.41) is 2.18. The number of carbonyl (C=O) groups excluding carboxylic acids is 1. The highest BCUT2D eigenvalue weighted by atomic mass is 32.1. The van der Waals surface area contributed by atoms with Crippen LogP contribution >= 0.6 is 11.3 Å². The van der Waals surface area contributed by atoms with Crippen LogP contribution in [-0.2, 0) is 6.42 Å². The van der Waals surface area contributed by atoms with Gasteiger partial charge in [0.15, 0.2) is 5.78 Å². The SMILES string of the molecule is CC1c2ccsc2CCN1CCC(=O)c1ccccc1. The molecule has 0 saturated heterocycles. The topological polar surface area (TPSA) is 20.3 Å². The van der Waals surface area contributed by atoms with Gasteiger partial charge in [0.05, 0.1) is 0 Å². The molecule has 0 aliphatic carbocycles. The number of benzene rings is 1. The van der Waals surface area contributed by atoms with Crippen molar-refractivity contribution in [3.8, 4) is 0 Å². The summed E-state index contributed by atoms with van der Waals surface area (Å²) < 4.78 is 0. The molecule has 20 heavy (non-hydrogen) atoms. The monoisotopic (exact) mass is 285 g/mol. The Morgan fingerprint density at radius 1 is 1.30 bits per heavy atom. The summed E-state index contributed by atoms with van der Waals surface area (Å²) in [4.78, 5) is 16.1. The van der Waals surface area contributed by atoms with Gasteiger partial charge in [-0.3, -0.25) is 9.69 Å². The smallest absolute Gasteiger partial charge is 0.164 e. The van der Waals surface area contributed by atoms with Crippen molar-refractivity contribution in [3.05, 3.63) is 57.8 Å². The third kappa shape index (κ3) is 2.69. The molecule has 1 atom stereocenters. The first kappa shape index (κ1) is 13.5. The van der Waals surface area contributed by atoms with Gasteiger partial charge in [0.1, 0.15) is 0 Å². The number of hydrogen-bond donors (Lipinski definition) is 0. The molecule has 1 aromatic carbocycles. The average Bonchev–Trinajstić information content (AvgIpc) is 2.96. The van der Waals surface area contributed by atoms with Crippen LogP contribution in [0.1, 0.15) is 40.2 Å². The van der Waals surface area contributed by atoms with Crippen molar-refractivity contribution >= 4 is 17.1 Å². The largest absolute Gasteiger partial charge is 0.296 e. The van der Waals surface area contributed by atoms with Crippen molar-refractivity contribution in [2.75, 3.05) is 13.1 Å². The lowest BCUT2D eigenvalue weighted by atomic mass is 10.0. The van der Waals surface area contributed by atoms with Crippen molar-refractivity contribution < 1.29 is 4.79 Å². The van der Waals surface area contributed by atoms with Crippen molar-refractivity contribution in [1.29, 1.82) is 0 Å². The molecule has 0 bridgehead atoms. The molecule has 2 aromatic rings. The summed E-state index contributed by atoms with van der Waals surface area (Å²) >= 11 is 1.86. The fourth-order valence-electron chi connectivity index (χ4n) is 2.88. The van der Waals surface area contributed by atoms with Gasteiger partial charge in [-0.25, -0.2) is 0 Å². The highest BCUT2D eigenvalue weighted by Crippen LogP contribution is 2.32. The molecule has 104 valence electrons. The van der Waals surface area contributed by atoms with E-state index in [0.717, 1.165) is 25.1 Å². The molecular formula is C17H19NOS. The maximum atomic E-state index is 12.2. The second-order valence-corrected chi connectivity index (χ2v) is 6.30. The zero-order chi connectivity index (χ0) is 13.9. The molecule has 3 rings (SSSR count). The van der Waals surface area contributed by atoms with E-state index in [9.17, 15) is 4.79 Å². The van der Waals surface area contributed by atoms with E-state index in [1.54, 1.807) is 0 Å². The number of ketones is 1. The van der Waals surface area contributed by atoms with Crippen molar-refractivity contribution in [1.82, 2.24) is 4.90 Å². The molecule has 1 aromatic heterocycles. The summed E-state index contributed by atoms with van der Waals surface area (Å²) in [6.45, 7) is 4.17. The summed E-state index contributed by atoms with van der Waals surface area (Å²) in [6, 6.07) is 12.3. The van der Waals surface area contributed by atoms with E-state index in [1.165, 1.54) is 10.4 Å². The number of nitrogens with zero attached hydrogens (tertiary/aromatic N) is 1. The zero-order valence-electron chi connectivity index (χ0n) is 11.7. The van der Waals surface area contributed by atoms with E-state index in [-0.39, 0.29) is 5.78 Å². The minimum atomic E-state index is 0.244. The van der Waals surface area contributed by atoms with Crippen LogP contribution in [0.3, 0.4) is 0 Å². The second kappa shape index (κ2) is 5.90. The molecule has 1 aliphatic rings. The molecule has 0 amide bonds. The van der Waals surface area contributed by atoms with Gasteiger partial charge in [-0.2, -0.15) is 0 Å². The molecule has 1 unspecified atom stereocenters. The predicted molar refractivity (Wildman–Crippen MR) is 83.4 cm³/mol. The molecule has 0 N–H and O–H groups in total. The number of carbonyl (C=O) groups is 1. The van der Waals surface area contributed by atoms with E-state index in [4.69, 9.17) is 0 Å². The Kier molecular flexibility index (Phi) is 3.99. The Bertz CT molecular complexity index is 590. The van der Waals surface area contributed by atoms with Crippen LogP contribution in [-0.4, -0.2) is 23.8 Å². The van der Waals surface area contributed by atoms with Crippen LogP contribution in [0.2, 0.25) is 0 Å². The van der Waals surface area contributed by atoms with E-state index in [0.29, 0.717) is 12.5 Å². The van der Waals surface area contributed by atoms with Crippen molar-refractivity contribution in [2.45, 2.75) is 25.8 Å². The van der Waals surface area contributed by atoms with Crippen LogP contribution in [0.15, 0.2) is 41.8 Å². The highest BCUT2D eigenvalue weighted by Gasteiger charge is 2.24. The first-order valence-electron chi connectivity index (χ1n) is 7.14. The summed E-state index contributed by atoms with van der Waals surface area (Å²) in [6.07, 6.45) is 1.73. The lowest BCUT2D eigenvalue weighted by Gasteiger charge is -2.33. The van der Waals surface area contributed by atoms with E-state index >= 15 is 0 Å². The van der Waals surface area contributed by atoms with Gasteiger partial charge < -0.3 is 0 Å². The van der Waals surface area contributed by atoms with Crippen molar-refractivity contribution in [2.24, 2.45) is 0 Å². The lowest BCUT2D eigenvalue weighted by molar-refractivity contribution is 0.0950. The van der Waals surface area contributed by atoms with Crippen LogP contribution in [0.25, 0.3) is 0 Å². The maximum Gasteiger partial charge on any atom is 0.164 e. The quantitative estimate of drug-likeness (QED) is 0.793. The number of hydrogen-bond acceptors (Lipinski definition) is 3. The fraction of sp³-hybridized carbons (Fsp3) is 0.353. The summed E-state index contributed by atoms with van der Waals surface area (Å²) in [7, 11) is 0. The third-order valence-corrected chi connectivity index (χ3v) is 5.12. The number of rotatable bonds is 4. The molecule has 1 aliphatic heterocycles. The Labute approximate surface area is 124 Å². The van der Waals surface area contributed by atoms with Crippen molar-refractivity contribution in [3.63, 3.8) is 0 Å². The molecular weight excluding hydrogens is 266 g/mol. The highest BCUT2D eigenvalue weighted by molar-refractivity contribution is 7.10. The molecule has 0 saturated carbocycles. The second-order valence-electron chi connectivity index (χ2n) is 5.30. The Hall–Kier alpha value is -1.45. The number of Topliss-reactive ketones (excluding diaryl/α,β-unsaturated/α-hetero) is 1. The first-order chi connectivity index (χ1) is 9.75. The molecule has 0 fully saturated rings. The Morgan fingerprint density at radius 2 is 2.10 bits per heavy atom. The molecule has 0 radical (unpaired) electrons. The van der Waals surface area contributed by atoms with Crippen LogP contribution in [0.4, 0.5) is 0 Å². The van der Waals surface area contributed by atoms with E-state index < -0.39 is 0 Å². The Morgan fingerprint density at radius 3 is 2.90 bits per heavy atom. The first-order valence-corrected chi connectivity index (χ1v) is 8.02. The van der Waals surface area contributed by atoms with Crippen LogP contribution in [0.5, 0.6) is 0 Å². The van der Waals surface area contributed by atoms with Crippen LogP contribution < -0.4 is 0 Å². The standard InChI is InChI=1S/C17H19NOS/c1-13-15-9-12-20-17(15)8-11-18(13)10-7-16(19)14-5-3-2-4-6-14/h2-6,9,12-13H,7-8,10-11H2,1H3. The number of thiophene rings is 1. The number of fused-ring (bicyclic) bond motifs is 1. The third-order valence-electron chi connectivity index (χ3n) is 4.13. The van der Waals surface area contributed by atoms with Gasteiger partial charge in [-0.05, 0) is 30.4 Å². The van der Waals surface area contributed by atoms with Crippen LogP contribution in [0, 0.1) is 0 Å². The molecule has 3 heteroatoms. The predicted octanol–water partition coefficient (Wildman–Crippen LogP) is 3.94. The maximum absolute atomic E-state index is 12.2. The van der Waals surface area contributed by atoms with Gasteiger partial charge in [-0.1, -0.05) is 30.3 Å². The van der Waals surface area contributed by atoms with Gasteiger partial charge in [-0.15, -0.1) is 11.3 Å². The van der Waals surface area contributed by atoms with Gasteiger partial charge >= 0.3 is 0 Å². The van der Waals surface area contributed by atoms with E-state index in [2.05, 4.69) is 23.3 Å². The summed E-state index contributed by atoms with van der Waals surface area (Å²) in [5.74, 6) is 0.244. The zero-order valence-corrected chi connectivity index (χ0v) is 12.5. The average molecular weight is 285 g/mol. The lowest BCUT2D eigenvalue weighted by Crippen LogP contribution is -2.34. The van der Waals surface area contributed by atoms with Gasteiger partial charge in [0.2, 0.25) is 0 Å².